The Morgan fingerprint density at radius 2 is 1.58 bits per heavy atom. The first-order chi connectivity index (χ1) is 21.2. The van der Waals surface area contributed by atoms with E-state index in [1.165, 1.54) is 61.0 Å². The summed E-state index contributed by atoms with van der Waals surface area (Å²) < 4.78 is 8.21. The van der Waals surface area contributed by atoms with E-state index in [4.69, 9.17) is 14.8 Å². The molecule has 1 aliphatic carbocycles. The first kappa shape index (κ1) is 26.7. The zero-order chi connectivity index (χ0) is 28.8. The largest absolute Gasteiger partial charge is 0.356 e. The first-order valence-corrected chi connectivity index (χ1v) is 16.1. The molecule has 2 aromatic carbocycles. The van der Waals surface area contributed by atoms with Crippen molar-refractivity contribution in [3.05, 3.63) is 89.7 Å². The van der Waals surface area contributed by atoms with Crippen molar-refractivity contribution in [2.24, 2.45) is 0 Å². The van der Waals surface area contributed by atoms with E-state index in [2.05, 4.69) is 71.4 Å². The number of aromatic nitrogens is 4. The molecule has 0 saturated carbocycles. The molecule has 8 rings (SSSR count). The van der Waals surface area contributed by atoms with E-state index >= 15 is 0 Å². The van der Waals surface area contributed by atoms with Gasteiger partial charge in [0, 0.05) is 47.1 Å². The highest BCUT2D eigenvalue weighted by molar-refractivity contribution is 5.94. The summed E-state index contributed by atoms with van der Waals surface area (Å²) in [7, 11) is 0. The van der Waals surface area contributed by atoms with Crippen LogP contribution in [0.25, 0.3) is 44.7 Å². The van der Waals surface area contributed by atoms with E-state index in [0.717, 1.165) is 71.4 Å². The summed E-state index contributed by atoms with van der Waals surface area (Å²) in [5.41, 5.74) is 11.6. The van der Waals surface area contributed by atoms with Crippen molar-refractivity contribution >= 4 is 11.0 Å². The second-order valence-electron chi connectivity index (χ2n) is 12.6. The van der Waals surface area contributed by atoms with Crippen molar-refractivity contribution in [3.63, 3.8) is 0 Å². The van der Waals surface area contributed by atoms with E-state index < -0.39 is 0 Å². The third-order valence-electron chi connectivity index (χ3n) is 9.82. The normalized spacial score (nSPS) is 20.9. The van der Waals surface area contributed by atoms with Gasteiger partial charge in [-0.1, -0.05) is 48.5 Å². The van der Waals surface area contributed by atoms with Crippen LogP contribution in [0.4, 0.5) is 0 Å². The third kappa shape index (κ3) is 5.07. The van der Waals surface area contributed by atoms with Crippen LogP contribution in [-0.2, 0) is 17.6 Å². The molecule has 2 atom stereocenters. The second-order valence-corrected chi connectivity index (χ2v) is 12.6. The van der Waals surface area contributed by atoms with Crippen LogP contribution >= 0.6 is 0 Å². The zero-order valence-electron chi connectivity index (χ0n) is 25.0. The molecular weight excluding hydrogens is 530 g/mol. The summed E-state index contributed by atoms with van der Waals surface area (Å²) >= 11 is 0. The van der Waals surface area contributed by atoms with Crippen molar-refractivity contribution in [2.45, 2.75) is 70.6 Å². The van der Waals surface area contributed by atoms with Gasteiger partial charge in [-0.3, -0.25) is 4.98 Å². The molecule has 0 spiro atoms. The molecule has 0 bridgehead atoms. The minimum atomic E-state index is -0.0777. The van der Waals surface area contributed by atoms with Crippen molar-refractivity contribution in [3.8, 4) is 33.6 Å². The highest BCUT2D eigenvalue weighted by Gasteiger charge is 2.27. The second kappa shape index (κ2) is 11.3. The van der Waals surface area contributed by atoms with Crippen molar-refractivity contribution < 1.29 is 4.74 Å². The number of pyridine rings is 2. The van der Waals surface area contributed by atoms with E-state index in [0.29, 0.717) is 6.04 Å². The van der Waals surface area contributed by atoms with E-state index in [9.17, 15) is 0 Å². The number of likely N-dealkylation sites (tertiary alicyclic amines) is 1. The van der Waals surface area contributed by atoms with Gasteiger partial charge >= 0.3 is 0 Å². The van der Waals surface area contributed by atoms with Gasteiger partial charge in [-0.05, 0) is 106 Å². The minimum absolute atomic E-state index is 0.0777. The van der Waals surface area contributed by atoms with Crippen LogP contribution in [0.15, 0.2) is 73.1 Å². The molecule has 218 valence electrons. The monoisotopic (exact) mass is 569 g/mol. The van der Waals surface area contributed by atoms with Crippen LogP contribution in [0.3, 0.4) is 0 Å². The Morgan fingerprint density at radius 3 is 2.37 bits per heavy atom. The topological polar surface area (TPSA) is 56.1 Å². The van der Waals surface area contributed by atoms with Crippen molar-refractivity contribution in [1.82, 2.24) is 24.6 Å². The molecule has 2 saturated heterocycles. The Morgan fingerprint density at radius 1 is 0.767 bits per heavy atom. The Labute approximate surface area is 253 Å². The lowest BCUT2D eigenvalue weighted by Crippen LogP contribution is -2.37. The first-order valence-electron chi connectivity index (χ1n) is 16.1. The minimum Gasteiger partial charge on any atom is -0.356 e. The van der Waals surface area contributed by atoms with Crippen LogP contribution in [0.2, 0.25) is 0 Å². The summed E-state index contributed by atoms with van der Waals surface area (Å²) in [5, 5.41) is 6.23. The van der Waals surface area contributed by atoms with Crippen LogP contribution in [0.5, 0.6) is 0 Å². The fourth-order valence-corrected chi connectivity index (χ4v) is 7.42. The summed E-state index contributed by atoms with van der Waals surface area (Å²) in [4.78, 5) is 12.4. The molecule has 2 aliphatic heterocycles. The van der Waals surface area contributed by atoms with Crippen molar-refractivity contribution in [2.75, 3.05) is 19.7 Å². The van der Waals surface area contributed by atoms with Gasteiger partial charge in [-0.15, -0.1) is 0 Å². The molecule has 6 heteroatoms. The van der Waals surface area contributed by atoms with Gasteiger partial charge in [0.1, 0.15) is 5.69 Å². The predicted molar refractivity (Wildman–Crippen MR) is 172 cm³/mol. The van der Waals surface area contributed by atoms with Gasteiger partial charge in [0.15, 0.2) is 11.9 Å². The Bertz CT molecular complexity index is 1760. The average molecular weight is 570 g/mol. The standard InChI is InChI=1S/C37H39N5O/c1-25-7-6-17-38-35(25)26-9-11-27(12-10-26)36-33-23-31(24-39-37(33)42(40-36)34-8-2-5-20-43-34)29-13-14-30-22-32(16-15-28(30)21-29)41-18-3-4-19-41/h6-7,9-14,17,21,23-24,32,34H,2-5,8,15-16,18-20,22H2,1H3. The summed E-state index contributed by atoms with van der Waals surface area (Å²) in [6.45, 7) is 5.43. The maximum atomic E-state index is 6.18. The van der Waals surface area contributed by atoms with Crippen LogP contribution in [0.1, 0.15) is 61.4 Å². The quantitative estimate of drug-likeness (QED) is 0.216. The number of nitrogens with zero attached hydrogens (tertiary/aromatic N) is 5. The lowest BCUT2D eigenvalue weighted by atomic mass is 9.86. The number of benzene rings is 2. The fraction of sp³-hybridized carbons (Fsp3) is 0.378. The number of fused-ring (bicyclic) bond motifs is 2. The van der Waals surface area contributed by atoms with Gasteiger partial charge in [0.05, 0.1) is 5.69 Å². The Kier molecular flexibility index (Phi) is 7.04. The number of hydrogen-bond donors (Lipinski definition) is 0. The highest BCUT2D eigenvalue weighted by Crippen LogP contribution is 2.36. The van der Waals surface area contributed by atoms with Crippen LogP contribution < -0.4 is 0 Å². The van der Waals surface area contributed by atoms with Crippen molar-refractivity contribution in [1.29, 1.82) is 0 Å². The number of hydrogen-bond acceptors (Lipinski definition) is 5. The molecular formula is C37H39N5O. The number of aryl methyl sites for hydroxylation is 2. The van der Waals surface area contributed by atoms with Crippen LogP contribution in [0, 0.1) is 6.92 Å². The molecule has 0 radical (unpaired) electrons. The summed E-state index contributed by atoms with van der Waals surface area (Å²) in [6, 6.07) is 22.8. The van der Waals surface area contributed by atoms with E-state index in [-0.39, 0.29) is 6.23 Å². The number of rotatable bonds is 5. The van der Waals surface area contributed by atoms with Gasteiger partial charge in [-0.2, -0.15) is 5.10 Å². The third-order valence-corrected chi connectivity index (χ3v) is 9.82. The Hall–Kier alpha value is -3.87. The molecule has 5 heterocycles. The highest BCUT2D eigenvalue weighted by atomic mass is 16.5. The maximum absolute atomic E-state index is 6.18. The van der Waals surface area contributed by atoms with Gasteiger partial charge in [0.25, 0.3) is 0 Å². The fourth-order valence-electron chi connectivity index (χ4n) is 7.42. The summed E-state index contributed by atoms with van der Waals surface area (Å²) in [5.74, 6) is 0. The molecule has 0 N–H and O–H groups in total. The zero-order valence-corrected chi connectivity index (χ0v) is 25.0. The van der Waals surface area contributed by atoms with E-state index in [1.54, 1.807) is 0 Å². The average Bonchev–Trinajstić information content (AvgIpc) is 3.74. The molecule has 5 aromatic rings. The maximum Gasteiger partial charge on any atom is 0.161 e. The molecule has 2 fully saturated rings. The molecule has 0 amide bonds. The molecule has 2 unspecified atom stereocenters. The lowest BCUT2D eigenvalue weighted by molar-refractivity contribution is -0.0368. The Balaban J connectivity index is 1.16. The molecule has 3 aromatic heterocycles. The molecule has 3 aliphatic rings. The summed E-state index contributed by atoms with van der Waals surface area (Å²) in [6.07, 6.45) is 13.3. The van der Waals surface area contributed by atoms with Gasteiger partial charge < -0.3 is 9.64 Å². The number of ether oxygens (including phenoxy) is 1. The van der Waals surface area contributed by atoms with Gasteiger partial charge in [-0.25, -0.2) is 9.67 Å². The molecule has 43 heavy (non-hydrogen) atoms. The van der Waals surface area contributed by atoms with Crippen LogP contribution in [-0.4, -0.2) is 50.4 Å². The predicted octanol–water partition coefficient (Wildman–Crippen LogP) is 7.79. The SMILES string of the molecule is Cc1cccnc1-c1ccc(-c2nn(C3CCCCO3)c3ncc(-c4ccc5c(c4)CCC(N4CCCC4)C5)cc23)cc1. The molecule has 6 nitrogen and oxygen atoms in total. The van der Waals surface area contributed by atoms with Gasteiger partial charge in [0.2, 0.25) is 0 Å². The lowest BCUT2D eigenvalue weighted by Gasteiger charge is -2.32. The smallest absolute Gasteiger partial charge is 0.161 e. The van der Waals surface area contributed by atoms with E-state index in [1.807, 2.05) is 23.1 Å².